The maximum Gasteiger partial charge on any atom is 0.194 e. The van der Waals surface area contributed by atoms with E-state index in [1.54, 1.807) is 0 Å². The maximum atomic E-state index is 4.90. The molecular weight excluding hydrogens is 513 g/mol. The first kappa shape index (κ1) is 25.9. The van der Waals surface area contributed by atoms with Crippen LogP contribution in [0.1, 0.15) is 54.9 Å². The van der Waals surface area contributed by atoms with Crippen molar-refractivity contribution < 1.29 is 0 Å². The van der Waals surface area contributed by atoms with Gasteiger partial charge in [0.05, 0.1) is 12.2 Å². The van der Waals surface area contributed by atoms with E-state index < -0.39 is 0 Å². The van der Waals surface area contributed by atoms with Gasteiger partial charge in [-0.2, -0.15) is 5.10 Å². The van der Waals surface area contributed by atoms with Crippen molar-refractivity contribution in [2.45, 2.75) is 53.2 Å². The second-order valence-corrected chi connectivity index (χ2v) is 8.32. The van der Waals surface area contributed by atoms with E-state index in [1.165, 1.54) is 16.7 Å². The Hall–Kier alpha value is -2.36. The summed E-state index contributed by atoms with van der Waals surface area (Å²) in [5.74, 6) is 2.32. The number of hydrogen-bond acceptors (Lipinski definition) is 3. The number of halogens is 1. The first-order valence-electron chi connectivity index (χ1n) is 10.9. The van der Waals surface area contributed by atoms with E-state index in [1.807, 2.05) is 31.0 Å². The smallest absolute Gasteiger partial charge is 0.194 e. The fourth-order valence-electron chi connectivity index (χ4n) is 3.72. The molecule has 0 saturated carbocycles. The van der Waals surface area contributed by atoms with E-state index in [2.05, 4.69) is 83.1 Å². The molecule has 3 rings (SSSR count). The minimum absolute atomic E-state index is 0. The topological polar surface area (TPSA) is 63.3 Å². The highest BCUT2D eigenvalue weighted by molar-refractivity contribution is 14.0. The molecule has 0 atom stereocenters. The molecule has 2 aromatic heterocycles. The summed E-state index contributed by atoms with van der Waals surface area (Å²) < 4.78 is 4.05. The maximum absolute atomic E-state index is 4.90. The summed E-state index contributed by atoms with van der Waals surface area (Å²) in [6.07, 6.45) is 5.97. The van der Waals surface area contributed by atoms with E-state index in [0.717, 1.165) is 37.1 Å². The Bertz CT molecular complexity index is 1020. The summed E-state index contributed by atoms with van der Waals surface area (Å²) >= 11 is 0. The van der Waals surface area contributed by atoms with Crippen LogP contribution in [-0.2, 0) is 26.7 Å². The van der Waals surface area contributed by atoms with Crippen LogP contribution >= 0.6 is 24.0 Å². The number of aliphatic imine (C=N–C) groups is 1. The molecule has 0 saturated heterocycles. The van der Waals surface area contributed by atoms with Crippen molar-refractivity contribution in [3.63, 3.8) is 0 Å². The number of hydrogen-bond donors (Lipinski definition) is 1. The van der Waals surface area contributed by atoms with E-state index in [-0.39, 0.29) is 24.0 Å². The van der Waals surface area contributed by atoms with Crippen LogP contribution in [-0.4, -0.2) is 43.8 Å². The van der Waals surface area contributed by atoms with Crippen LogP contribution in [0.4, 0.5) is 0 Å². The molecule has 8 heteroatoms. The first-order chi connectivity index (χ1) is 14.9. The van der Waals surface area contributed by atoms with Crippen LogP contribution in [0.5, 0.6) is 0 Å². The van der Waals surface area contributed by atoms with Gasteiger partial charge in [-0.25, -0.2) is 9.98 Å². The third-order valence-electron chi connectivity index (χ3n) is 5.27. The molecule has 32 heavy (non-hydrogen) atoms. The molecule has 0 amide bonds. The van der Waals surface area contributed by atoms with E-state index in [9.17, 15) is 0 Å². The van der Waals surface area contributed by atoms with E-state index in [4.69, 9.17) is 4.99 Å². The lowest BCUT2D eigenvalue weighted by Gasteiger charge is -2.22. The van der Waals surface area contributed by atoms with Crippen LogP contribution in [0, 0.1) is 6.92 Å². The lowest BCUT2D eigenvalue weighted by atomic mass is 10.1. The molecule has 2 heterocycles. The highest BCUT2D eigenvalue weighted by atomic mass is 127. The first-order valence-corrected chi connectivity index (χ1v) is 10.9. The minimum Gasteiger partial charge on any atom is -0.357 e. The molecule has 0 aliphatic carbocycles. The third kappa shape index (κ3) is 6.82. The largest absolute Gasteiger partial charge is 0.357 e. The zero-order chi connectivity index (χ0) is 22.4. The number of guanidine groups is 1. The van der Waals surface area contributed by atoms with Gasteiger partial charge in [0, 0.05) is 57.9 Å². The molecule has 0 radical (unpaired) electrons. The lowest BCUT2D eigenvalue weighted by Crippen LogP contribution is -2.38. The summed E-state index contributed by atoms with van der Waals surface area (Å²) in [6.45, 7) is 11.5. The minimum atomic E-state index is 0. The van der Waals surface area contributed by atoms with Gasteiger partial charge in [0.15, 0.2) is 5.96 Å². The molecule has 0 fully saturated rings. The number of nitrogens with zero attached hydrogens (tertiary/aromatic N) is 6. The Morgan fingerprint density at radius 1 is 1.25 bits per heavy atom. The molecule has 0 aliphatic rings. The van der Waals surface area contributed by atoms with Gasteiger partial charge in [-0.15, -0.1) is 24.0 Å². The number of rotatable bonds is 8. The van der Waals surface area contributed by atoms with E-state index in [0.29, 0.717) is 12.5 Å². The quantitative estimate of drug-likeness (QED) is 0.259. The Balaban J connectivity index is 0.00000363. The standard InChI is InChI=1S/C24H35N7.HI/c1-7-25-24(29(5)16-22-17-30(6)28-23(22)18(2)3)27-14-20-9-8-10-21(13-20)15-31-12-11-26-19(31)4;/h8-13,17-18H,7,14-16H2,1-6H3,(H,25,27);1H. The molecule has 3 aromatic rings. The van der Waals surface area contributed by atoms with Gasteiger partial charge in [0.25, 0.3) is 0 Å². The SMILES string of the molecule is CCNC(=NCc1cccc(Cn2ccnc2C)c1)N(C)Cc1cn(C)nc1C(C)C.I. The molecule has 1 N–H and O–H groups in total. The number of imidazole rings is 1. The Labute approximate surface area is 209 Å². The van der Waals surface area contributed by atoms with Crippen molar-refractivity contribution in [2.24, 2.45) is 12.0 Å². The van der Waals surface area contributed by atoms with Gasteiger partial charge in [-0.1, -0.05) is 38.1 Å². The van der Waals surface area contributed by atoms with Crippen molar-refractivity contribution in [1.29, 1.82) is 0 Å². The lowest BCUT2D eigenvalue weighted by molar-refractivity contribution is 0.473. The number of benzene rings is 1. The van der Waals surface area contributed by atoms with Gasteiger partial charge >= 0.3 is 0 Å². The Morgan fingerprint density at radius 2 is 2.00 bits per heavy atom. The van der Waals surface area contributed by atoms with Crippen molar-refractivity contribution in [2.75, 3.05) is 13.6 Å². The summed E-state index contributed by atoms with van der Waals surface area (Å²) in [5.41, 5.74) is 4.84. The molecule has 0 aliphatic heterocycles. The Kier molecular flexibility index (Phi) is 9.74. The van der Waals surface area contributed by atoms with Crippen molar-refractivity contribution in [3.8, 4) is 0 Å². The molecule has 0 unspecified atom stereocenters. The van der Waals surface area contributed by atoms with Gasteiger partial charge < -0.3 is 14.8 Å². The Morgan fingerprint density at radius 3 is 2.66 bits per heavy atom. The van der Waals surface area contributed by atoms with Crippen LogP contribution < -0.4 is 5.32 Å². The second kappa shape index (κ2) is 12.0. The summed E-state index contributed by atoms with van der Waals surface area (Å²) in [7, 11) is 4.06. The van der Waals surface area contributed by atoms with Gasteiger partial charge in [-0.05, 0) is 30.9 Å². The summed E-state index contributed by atoms with van der Waals surface area (Å²) in [6, 6.07) is 8.62. The predicted octanol–water partition coefficient (Wildman–Crippen LogP) is 4.31. The zero-order valence-electron chi connectivity index (χ0n) is 20.0. The highest BCUT2D eigenvalue weighted by Crippen LogP contribution is 2.18. The normalized spacial score (nSPS) is 11.5. The average molecular weight is 550 g/mol. The van der Waals surface area contributed by atoms with Crippen LogP contribution in [0.25, 0.3) is 0 Å². The van der Waals surface area contributed by atoms with E-state index >= 15 is 0 Å². The highest BCUT2D eigenvalue weighted by Gasteiger charge is 2.15. The molecule has 7 nitrogen and oxygen atoms in total. The molecule has 174 valence electrons. The van der Waals surface area contributed by atoms with Crippen molar-refractivity contribution >= 4 is 29.9 Å². The molecular formula is C24H36IN7. The fraction of sp³-hybridized carbons (Fsp3) is 0.458. The monoisotopic (exact) mass is 549 g/mol. The number of nitrogens with one attached hydrogen (secondary N) is 1. The van der Waals surface area contributed by atoms with Gasteiger partial charge in [-0.3, -0.25) is 4.68 Å². The third-order valence-corrected chi connectivity index (χ3v) is 5.27. The van der Waals surface area contributed by atoms with Gasteiger partial charge in [0.1, 0.15) is 5.82 Å². The van der Waals surface area contributed by atoms with Crippen LogP contribution in [0.2, 0.25) is 0 Å². The average Bonchev–Trinajstić information content (AvgIpc) is 3.30. The van der Waals surface area contributed by atoms with Crippen LogP contribution in [0.15, 0.2) is 47.8 Å². The number of aromatic nitrogens is 4. The fourth-order valence-corrected chi connectivity index (χ4v) is 3.72. The summed E-state index contributed by atoms with van der Waals surface area (Å²) in [4.78, 5) is 11.4. The van der Waals surface area contributed by atoms with Crippen LogP contribution in [0.3, 0.4) is 0 Å². The van der Waals surface area contributed by atoms with Crippen molar-refractivity contribution in [1.82, 2.24) is 29.5 Å². The molecule has 0 spiro atoms. The predicted molar refractivity (Wildman–Crippen MR) is 142 cm³/mol. The number of aryl methyl sites for hydroxylation is 2. The second-order valence-electron chi connectivity index (χ2n) is 8.32. The molecule has 1 aromatic carbocycles. The summed E-state index contributed by atoms with van der Waals surface area (Å²) in [5, 5.41) is 8.05. The van der Waals surface area contributed by atoms with Crippen molar-refractivity contribution in [3.05, 3.63) is 71.1 Å². The van der Waals surface area contributed by atoms with Gasteiger partial charge in [0.2, 0.25) is 0 Å². The zero-order valence-corrected chi connectivity index (χ0v) is 22.4. The molecule has 0 bridgehead atoms.